The molecule has 2 aromatic rings. The molecule has 2 rings (SSSR count). The quantitative estimate of drug-likeness (QED) is 0.888. The molecule has 0 heterocycles. The van der Waals surface area contributed by atoms with E-state index in [0.29, 0.717) is 17.2 Å². The maximum absolute atomic E-state index is 10.9. The Kier molecular flexibility index (Phi) is 4.88. The Bertz CT molecular complexity index is 679. The second-order valence-corrected chi connectivity index (χ2v) is 4.65. The van der Waals surface area contributed by atoms with E-state index in [4.69, 9.17) is 19.3 Å². The van der Waals surface area contributed by atoms with E-state index in [2.05, 4.69) is 0 Å². The number of carbonyl (C=O) groups is 1. The highest BCUT2D eigenvalue weighted by atomic mass is 16.5. The van der Waals surface area contributed by atoms with Gasteiger partial charge < -0.3 is 19.3 Å². The molecule has 1 N–H and O–H groups in total. The van der Waals surface area contributed by atoms with Crippen molar-refractivity contribution in [2.45, 2.75) is 6.42 Å². The van der Waals surface area contributed by atoms with E-state index in [1.807, 2.05) is 24.3 Å². The molecule has 0 bridgehead atoms. The summed E-state index contributed by atoms with van der Waals surface area (Å²) >= 11 is 0. The van der Waals surface area contributed by atoms with E-state index < -0.39 is 5.97 Å². The maximum Gasteiger partial charge on any atom is 0.307 e. The topological polar surface area (TPSA) is 65.0 Å². The highest BCUT2D eigenvalue weighted by molar-refractivity contribution is 5.78. The van der Waals surface area contributed by atoms with Gasteiger partial charge in [0.25, 0.3) is 0 Å². The Morgan fingerprint density at radius 3 is 2.32 bits per heavy atom. The molecule has 0 aliphatic rings. The van der Waals surface area contributed by atoms with Crippen LogP contribution in [0.5, 0.6) is 17.2 Å². The largest absolute Gasteiger partial charge is 0.493 e. The van der Waals surface area contributed by atoms with Gasteiger partial charge in [-0.25, -0.2) is 0 Å². The van der Waals surface area contributed by atoms with Crippen molar-refractivity contribution >= 4 is 5.97 Å². The van der Waals surface area contributed by atoms with Gasteiger partial charge >= 0.3 is 5.97 Å². The lowest BCUT2D eigenvalue weighted by molar-refractivity contribution is -0.136. The number of carboxylic acid groups (broad SMARTS) is 1. The van der Waals surface area contributed by atoms with Gasteiger partial charge in [-0.05, 0) is 23.3 Å². The number of benzene rings is 2. The summed E-state index contributed by atoms with van der Waals surface area (Å²) in [5, 5.41) is 8.92. The van der Waals surface area contributed by atoms with Crippen molar-refractivity contribution in [3.8, 4) is 28.4 Å². The highest BCUT2D eigenvalue weighted by Crippen LogP contribution is 2.44. The molecule has 0 aliphatic heterocycles. The lowest BCUT2D eigenvalue weighted by atomic mass is 10.00. The Labute approximate surface area is 129 Å². The van der Waals surface area contributed by atoms with Gasteiger partial charge in [0, 0.05) is 5.56 Å². The molecule has 0 atom stereocenters. The van der Waals surface area contributed by atoms with Gasteiger partial charge in [-0.2, -0.15) is 0 Å². The van der Waals surface area contributed by atoms with Crippen molar-refractivity contribution < 1.29 is 24.1 Å². The van der Waals surface area contributed by atoms with Crippen LogP contribution in [-0.2, 0) is 11.2 Å². The Hall–Kier alpha value is -2.69. The molecule has 0 saturated heterocycles. The van der Waals surface area contributed by atoms with Crippen molar-refractivity contribution in [3.63, 3.8) is 0 Å². The van der Waals surface area contributed by atoms with Gasteiger partial charge in [0.1, 0.15) is 0 Å². The third-order valence-corrected chi connectivity index (χ3v) is 3.30. The van der Waals surface area contributed by atoms with Gasteiger partial charge in [-0.15, -0.1) is 0 Å². The van der Waals surface area contributed by atoms with Crippen LogP contribution in [0.1, 0.15) is 5.56 Å². The number of hydrogen-bond acceptors (Lipinski definition) is 4. The summed E-state index contributed by atoms with van der Waals surface area (Å²) < 4.78 is 16.1. The normalized spacial score (nSPS) is 10.1. The van der Waals surface area contributed by atoms with Crippen LogP contribution in [0.2, 0.25) is 0 Å². The molecule has 2 aromatic carbocycles. The van der Waals surface area contributed by atoms with Gasteiger partial charge in [-0.1, -0.05) is 24.3 Å². The minimum absolute atomic E-state index is 0.0244. The average Bonchev–Trinajstić information content (AvgIpc) is 2.52. The van der Waals surface area contributed by atoms with Crippen LogP contribution in [0.4, 0.5) is 0 Å². The number of ether oxygens (including phenoxy) is 3. The molecular formula is C17H18O5. The van der Waals surface area contributed by atoms with Crippen molar-refractivity contribution in [3.05, 3.63) is 42.0 Å². The molecule has 0 saturated carbocycles. The Morgan fingerprint density at radius 1 is 1.00 bits per heavy atom. The lowest BCUT2D eigenvalue weighted by Gasteiger charge is -2.16. The van der Waals surface area contributed by atoms with Crippen molar-refractivity contribution in [2.24, 2.45) is 0 Å². The summed E-state index contributed by atoms with van der Waals surface area (Å²) in [6.07, 6.45) is -0.0244. The first-order chi connectivity index (χ1) is 10.6. The predicted molar refractivity (Wildman–Crippen MR) is 82.9 cm³/mol. The Morgan fingerprint density at radius 2 is 1.73 bits per heavy atom. The zero-order chi connectivity index (χ0) is 16.1. The van der Waals surface area contributed by atoms with Crippen LogP contribution < -0.4 is 14.2 Å². The summed E-state index contributed by atoms with van der Waals surface area (Å²) in [5.41, 5.74) is 2.39. The van der Waals surface area contributed by atoms with Crippen molar-refractivity contribution in [1.82, 2.24) is 0 Å². The number of aliphatic carboxylic acids is 1. The second kappa shape index (κ2) is 6.85. The standard InChI is InChI=1S/C17H18O5/c1-20-14-8-7-13(16(21-2)17(14)22-3)12-6-4-5-11(9-12)10-15(18)19/h4-9H,10H2,1-3H3,(H,18,19). The first-order valence-electron chi connectivity index (χ1n) is 6.70. The molecule has 0 amide bonds. The average molecular weight is 302 g/mol. The lowest BCUT2D eigenvalue weighted by Crippen LogP contribution is -2.00. The van der Waals surface area contributed by atoms with Gasteiger partial charge in [-0.3, -0.25) is 4.79 Å². The molecular weight excluding hydrogens is 284 g/mol. The first kappa shape index (κ1) is 15.7. The van der Waals surface area contributed by atoms with Crippen molar-refractivity contribution in [1.29, 1.82) is 0 Å². The van der Waals surface area contributed by atoms with Crippen molar-refractivity contribution in [2.75, 3.05) is 21.3 Å². The fourth-order valence-electron chi connectivity index (χ4n) is 2.35. The number of carboxylic acids is 1. The van der Waals surface area contributed by atoms with E-state index in [1.54, 1.807) is 33.5 Å². The molecule has 22 heavy (non-hydrogen) atoms. The molecule has 0 spiro atoms. The second-order valence-electron chi connectivity index (χ2n) is 4.65. The van der Waals surface area contributed by atoms with E-state index >= 15 is 0 Å². The molecule has 0 unspecified atom stereocenters. The van der Waals surface area contributed by atoms with Gasteiger partial charge in [0.15, 0.2) is 11.5 Å². The fourth-order valence-corrected chi connectivity index (χ4v) is 2.35. The first-order valence-corrected chi connectivity index (χ1v) is 6.70. The summed E-state index contributed by atoms with van der Waals surface area (Å²) in [6, 6.07) is 11.0. The van der Waals surface area contributed by atoms with E-state index in [1.165, 1.54) is 0 Å². The van der Waals surface area contributed by atoms with Crippen LogP contribution in [0, 0.1) is 0 Å². The minimum atomic E-state index is -0.864. The zero-order valence-electron chi connectivity index (χ0n) is 12.8. The molecule has 0 radical (unpaired) electrons. The van der Waals surface area contributed by atoms with Crippen LogP contribution in [-0.4, -0.2) is 32.4 Å². The van der Waals surface area contributed by atoms with Crippen LogP contribution >= 0.6 is 0 Å². The molecule has 0 fully saturated rings. The fraction of sp³-hybridized carbons (Fsp3) is 0.235. The molecule has 0 aromatic heterocycles. The van der Waals surface area contributed by atoms with Gasteiger partial charge in [0.05, 0.1) is 27.8 Å². The number of methoxy groups -OCH3 is 3. The summed E-state index contributed by atoms with van der Waals surface area (Å²) in [7, 11) is 4.66. The summed E-state index contributed by atoms with van der Waals surface area (Å²) in [5.74, 6) is 0.765. The third-order valence-electron chi connectivity index (χ3n) is 3.30. The van der Waals surface area contributed by atoms with E-state index in [-0.39, 0.29) is 6.42 Å². The van der Waals surface area contributed by atoms with Crippen LogP contribution in [0.15, 0.2) is 36.4 Å². The third kappa shape index (κ3) is 3.14. The monoisotopic (exact) mass is 302 g/mol. The number of rotatable bonds is 6. The SMILES string of the molecule is COc1ccc(-c2cccc(CC(=O)O)c2)c(OC)c1OC. The highest BCUT2D eigenvalue weighted by Gasteiger charge is 2.17. The smallest absolute Gasteiger partial charge is 0.307 e. The molecule has 5 nitrogen and oxygen atoms in total. The van der Waals surface area contributed by atoms with Crippen LogP contribution in [0.3, 0.4) is 0 Å². The van der Waals surface area contributed by atoms with Crippen LogP contribution in [0.25, 0.3) is 11.1 Å². The minimum Gasteiger partial charge on any atom is -0.493 e. The maximum atomic E-state index is 10.9. The van der Waals surface area contributed by atoms with E-state index in [9.17, 15) is 4.79 Å². The summed E-state index contributed by atoms with van der Waals surface area (Å²) in [6.45, 7) is 0. The Balaban J connectivity index is 2.55. The predicted octanol–water partition coefficient (Wildman–Crippen LogP) is 3.01. The molecule has 0 aliphatic carbocycles. The molecule has 116 valence electrons. The van der Waals surface area contributed by atoms with Gasteiger partial charge in [0.2, 0.25) is 5.75 Å². The summed E-state index contributed by atoms with van der Waals surface area (Å²) in [4.78, 5) is 10.9. The zero-order valence-corrected chi connectivity index (χ0v) is 12.8. The van der Waals surface area contributed by atoms with E-state index in [0.717, 1.165) is 16.7 Å². The number of hydrogen-bond donors (Lipinski definition) is 1. The molecule has 5 heteroatoms.